The predicted octanol–water partition coefficient (Wildman–Crippen LogP) is 3.05. The molecule has 2 heterocycles. The number of nitrogens with zero attached hydrogens (tertiary/aromatic N) is 1. The van der Waals surface area contributed by atoms with Gasteiger partial charge >= 0.3 is 5.97 Å². The Kier molecular flexibility index (Phi) is 8.01. The molecule has 0 bridgehead atoms. The zero-order valence-corrected chi connectivity index (χ0v) is 18.9. The van der Waals surface area contributed by atoms with Crippen molar-refractivity contribution in [2.24, 2.45) is 0 Å². The molecule has 0 saturated carbocycles. The number of thiophene rings is 2. The molecule has 1 aliphatic rings. The Morgan fingerprint density at radius 2 is 1.93 bits per heavy atom. The lowest BCUT2D eigenvalue weighted by Gasteiger charge is -2.19. The van der Waals surface area contributed by atoms with Crippen LogP contribution in [-0.2, 0) is 33.7 Å². The Bertz CT molecular complexity index is 892. The van der Waals surface area contributed by atoms with E-state index in [4.69, 9.17) is 4.74 Å². The van der Waals surface area contributed by atoms with Gasteiger partial charge in [-0.25, -0.2) is 4.79 Å². The van der Waals surface area contributed by atoms with E-state index in [2.05, 4.69) is 10.6 Å². The van der Waals surface area contributed by atoms with Crippen LogP contribution in [0.3, 0.4) is 0 Å². The molecular weight excluding hydrogens is 422 g/mol. The fourth-order valence-electron chi connectivity index (χ4n) is 3.48. The summed E-state index contributed by atoms with van der Waals surface area (Å²) in [5, 5.41) is 8.28. The number of hydrogen-bond acceptors (Lipinski definition) is 7. The van der Waals surface area contributed by atoms with E-state index in [0.29, 0.717) is 23.7 Å². The number of likely N-dealkylation sites (N-methyl/N-ethyl adjacent to an activating group) is 1. The van der Waals surface area contributed by atoms with Crippen molar-refractivity contribution in [1.82, 2.24) is 10.2 Å². The van der Waals surface area contributed by atoms with Gasteiger partial charge < -0.3 is 15.4 Å². The molecule has 0 radical (unpaired) electrons. The molecule has 0 saturated heterocycles. The molecule has 1 aliphatic carbocycles. The van der Waals surface area contributed by atoms with E-state index >= 15 is 0 Å². The number of hydrogen-bond donors (Lipinski definition) is 2. The van der Waals surface area contributed by atoms with Crippen molar-refractivity contribution in [2.75, 3.05) is 32.1 Å². The first kappa shape index (κ1) is 22.5. The van der Waals surface area contributed by atoms with Crippen molar-refractivity contribution >= 4 is 45.5 Å². The predicted molar refractivity (Wildman–Crippen MR) is 119 cm³/mol. The van der Waals surface area contributed by atoms with E-state index in [-0.39, 0.29) is 24.9 Å². The Labute approximate surface area is 184 Å². The van der Waals surface area contributed by atoms with Crippen LogP contribution in [0.5, 0.6) is 0 Å². The number of fused-ring (bicyclic) bond motifs is 1. The minimum absolute atomic E-state index is 0.0755. The highest BCUT2D eigenvalue weighted by Crippen LogP contribution is 2.38. The van der Waals surface area contributed by atoms with Gasteiger partial charge in [-0.05, 0) is 49.2 Å². The smallest absolute Gasteiger partial charge is 0.341 e. The molecule has 0 aromatic carbocycles. The number of esters is 1. The van der Waals surface area contributed by atoms with Crippen molar-refractivity contribution in [1.29, 1.82) is 0 Å². The van der Waals surface area contributed by atoms with Crippen molar-refractivity contribution in [3.05, 3.63) is 38.4 Å². The third-order valence-corrected chi connectivity index (χ3v) is 7.12. The summed E-state index contributed by atoms with van der Waals surface area (Å²) < 4.78 is 4.95. The third kappa shape index (κ3) is 5.68. The zero-order chi connectivity index (χ0) is 21.5. The van der Waals surface area contributed by atoms with Crippen LogP contribution < -0.4 is 10.6 Å². The molecule has 0 aliphatic heterocycles. The molecule has 2 aromatic rings. The van der Waals surface area contributed by atoms with Crippen LogP contribution in [0.4, 0.5) is 5.00 Å². The molecule has 9 heteroatoms. The van der Waals surface area contributed by atoms with Gasteiger partial charge in [0.25, 0.3) is 0 Å². The van der Waals surface area contributed by atoms with Crippen molar-refractivity contribution in [3.63, 3.8) is 0 Å². The number of aryl methyl sites for hydroxylation is 1. The average Bonchev–Trinajstić information content (AvgIpc) is 3.38. The molecule has 0 atom stereocenters. The van der Waals surface area contributed by atoms with Crippen LogP contribution in [0.15, 0.2) is 17.5 Å². The molecule has 30 heavy (non-hydrogen) atoms. The van der Waals surface area contributed by atoms with Gasteiger partial charge in [-0.3, -0.25) is 14.5 Å². The summed E-state index contributed by atoms with van der Waals surface area (Å²) in [7, 11) is 1.36. The van der Waals surface area contributed by atoms with Gasteiger partial charge in [0.1, 0.15) is 5.00 Å². The second-order valence-corrected chi connectivity index (χ2v) is 9.25. The largest absolute Gasteiger partial charge is 0.465 e. The summed E-state index contributed by atoms with van der Waals surface area (Å²) >= 11 is 3.05. The lowest BCUT2D eigenvalue weighted by molar-refractivity contribution is -0.123. The number of anilines is 1. The number of amides is 2. The number of ether oxygens (including phenoxy) is 1. The lowest BCUT2D eigenvalue weighted by Crippen LogP contribution is -2.40. The summed E-state index contributed by atoms with van der Waals surface area (Å²) in [5.74, 6) is -0.781. The number of rotatable bonds is 9. The molecule has 0 unspecified atom stereocenters. The van der Waals surface area contributed by atoms with Gasteiger partial charge in [-0.15, -0.1) is 22.7 Å². The van der Waals surface area contributed by atoms with Gasteiger partial charge in [0.2, 0.25) is 11.8 Å². The van der Waals surface area contributed by atoms with E-state index in [1.54, 1.807) is 16.2 Å². The molecule has 2 amide bonds. The minimum Gasteiger partial charge on any atom is -0.465 e. The molecular formula is C21H27N3O4S2. The average molecular weight is 450 g/mol. The number of methoxy groups -OCH3 is 1. The van der Waals surface area contributed by atoms with E-state index in [1.807, 2.05) is 24.4 Å². The van der Waals surface area contributed by atoms with Crippen molar-refractivity contribution < 1.29 is 19.1 Å². The Hall–Kier alpha value is -2.23. The highest BCUT2D eigenvalue weighted by atomic mass is 32.1. The maximum atomic E-state index is 12.7. The van der Waals surface area contributed by atoms with E-state index in [0.717, 1.165) is 41.0 Å². The number of carbonyl (C=O) groups is 3. The van der Waals surface area contributed by atoms with Gasteiger partial charge in [-0.1, -0.05) is 13.0 Å². The fraction of sp³-hybridized carbons (Fsp3) is 0.476. The summed E-state index contributed by atoms with van der Waals surface area (Å²) in [5.41, 5.74) is 1.50. The lowest BCUT2D eigenvalue weighted by atomic mass is 9.95. The fourth-order valence-corrected chi connectivity index (χ4v) is 5.42. The summed E-state index contributed by atoms with van der Waals surface area (Å²) in [4.78, 5) is 41.2. The first-order chi connectivity index (χ1) is 14.5. The molecule has 162 valence electrons. The molecule has 3 rings (SSSR count). The summed E-state index contributed by atoms with van der Waals surface area (Å²) in [6.07, 6.45) is 3.88. The van der Waals surface area contributed by atoms with E-state index in [9.17, 15) is 14.4 Å². The highest BCUT2D eigenvalue weighted by molar-refractivity contribution is 7.17. The Morgan fingerprint density at radius 1 is 1.17 bits per heavy atom. The van der Waals surface area contributed by atoms with E-state index in [1.165, 1.54) is 18.4 Å². The standard InChI is InChI=1S/C21H27N3O4S2/c1-3-24(12-17(25)22-11-14-7-6-10-29-14)13-18(26)23-20-19(21(27)28-2)15-8-4-5-9-16(15)30-20/h6-7,10H,3-5,8-9,11-13H2,1-2H3,(H,22,25)(H,23,26). The summed E-state index contributed by atoms with van der Waals surface area (Å²) in [6, 6.07) is 3.91. The van der Waals surface area contributed by atoms with Crippen LogP contribution >= 0.6 is 22.7 Å². The normalized spacial score (nSPS) is 13.0. The van der Waals surface area contributed by atoms with Gasteiger partial charge in [-0.2, -0.15) is 0 Å². The zero-order valence-electron chi connectivity index (χ0n) is 17.3. The molecule has 0 spiro atoms. The van der Waals surface area contributed by atoms with Gasteiger partial charge in [0, 0.05) is 9.75 Å². The van der Waals surface area contributed by atoms with Crippen LogP contribution in [-0.4, -0.2) is 49.4 Å². The highest BCUT2D eigenvalue weighted by Gasteiger charge is 2.27. The molecule has 0 fully saturated rings. The van der Waals surface area contributed by atoms with Crippen LogP contribution in [0.2, 0.25) is 0 Å². The second kappa shape index (κ2) is 10.7. The third-order valence-electron chi connectivity index (χ3n) is 5.04. The van der Waals surface area contributed by atoms with E-state index < -0.39 is 5.97 Å². The minimum atomic E-state index is -0.412. The molecule has 7 nitrogen and oxygen atoms in total. The Balaban J connectivity index is 1.59. The second-order valence-electron chi connectivity index (χ2n) is 7.11. The maximum absolute atomic E-state index is 12.7. The van der Waals surface area contributed by atoms with Crippen LogP contribution in [0.1, 0.15) is 45.4 Å². The number of nitrogens with one attached hydrogen (secondary N) is 2. The van der Waals surface area contributed by atoms with Crippen molar-refractivity contribution in [2.45, 2.75) is 39.2 Å². The first-order valence-electron chi connectivity index (χ1n) is 10.1. The Morgan fingerprint density at radius 3 is 2.63 bits per heavy atom. The number of carbonyl (C=O) groups excluding carboxylic acids is 3. The molecule has 2 N–H and O–H groups in total. The van der Waals surface area contributed by atoms with Gasteiger partial charge in [0.15, 0.2) is 0 Å². The molecule has 2 aromatic heterocycles. The monoisotopic (exact) mass is 449 g/mol. The maximum Gasteiger partial charge on any atom is 0.341 e. The van der Waals surface area contributed by atoms with Gasteiger partial charge in [0.05, 0.1) is 32.3 Å². The van der Waals surface area contributed by atoms with Crippen LogP contribution in [0.25, 0.3) is 0 Å². The quantitative estimate of drug-likeness (QED) is 0.575. The first-order valence-corrected chi connectivity index (χ1v) is 11.8. The topological polar surface area (TPSA) is 87.7 Å². The van der Waals surface area contributed by atoms with Crippen LogP contribution in [0, 0.1) is 0 Å². The SMILES string of the molecule is CCN(CC(=O)NCc1cccs1)CC(=O)Nc1sc2c(c1C(=O)OC)CCCC2. The van der Waals surface area contributed by atoms with Crippen molar-refractivity contribution in [3.8, 4) is 0 Å². The summed E-state index contributed by atoms with van der Waals surface area (Å²) in [6.45, 7) is 3.17.